The molecule has 1 aliphatic rings. The third-order valence-electron chi connectivity index (χ3n) is 2.75. The Morgan fingerprint density at radius 3 is 3.08 bits per heavy atom. The number of hydrogen-bond donors (Lipinski definition) is 0. The van der Waals surface area contributed by atoms with Crippen LogP contribution < -0.4 is 0 Å². The first-order valence-corrected chi connectivity index (χ1v) is 5.22. The maximum Gasteiger partial charge on any atom is 0.133 e. The predicted octanol–water partition coefficient (Wildman–Crippen LogP) is 1.81. The van der Waals surface area contributed by atoms with Crippen molar-refractivity contribution in [1.29, 1.82) is 0 Å². The van der Waals surface area contributed by atoms with Crippen LogP contribution in [0.25, 0.3) is 0 Å². The highest BCUT2D eigenvalue weighted by Gasteiger charge is 2.19. The number of aryl methyl sites for hydroxylation is 1. The summed E-state index contributed by atoms with van der Waals surface area (Å²) in [5.41, 5.74) is 0. The highest BCUT2D eigenvalue weighted by Crippen LogP contribution is 2.19. The topological polar surface area (TPSA) is 30.7 Å². The molecule has 13 heavy (non-hydrogen) atoms. The fourth-order valence-corrected chi connectivity index (χ4v) is 1.95. The average molecular weight is 179 g/mol. The Kier molecular flexibility index (Phi) is 2.34. The molecule has 0 N–H and O–H groups in total. The molecule has 3 nitrogen and oxygen atoms in total. The molecule has 1 aromatic heterocycles. The van der Waals surface area contributed by atoms with E-state index in [-0.39, 0.29) is 0 Å². The molecular weight excluding hydrogens is 162 g/mol. The Labute approximate surface area is 79.2 Å². The van der Waals surface area contributed by atoms with Gasteiger partial charge in [0.15, 0.2) is 0 Å². The summed E-state index contributed by atoms with van der Waals surface area (Å²) in [6.07, 6.45) is 4.62. The van der Waals surface area contributed by atoms with Crippen LogP contribution >= 0.6 is 0 Å². The molecular formula is C10H17N3. The lowest BCUT2D eigenvalue weighted by Crippen LogP contribution is -2.18. The van der Waals surface area contributed by atoms with Gasteiger partial charge in [-0.2, -0.15) is 0 Å². The van der Waals surface area contributed by atoms with Crippen molar-refractivity contribution < 1.29 is 0 Å². The van der Waals surface area contributed by atoms with Crippen LogP contribution in [0.2, 0.25) is 0 Å². The quantitative estimate of drug-likeness (QED) is 0.693. The molecule has 1 unspecified atom stereocenters. The van der Waals surface area contributed by atoms with Gasteiger partial charge in [-0.05, 0) is 18.8 Å². The SMILES string of the molecule is CCCc1nnc2n1CCC(C)C2. The molecule has 0 aromatic carbocycles. The van der Waals surface area contributed by atoms with Crippen molar-refractivity contribution in [3.63, 3.8) is 0 Å². The largest absolute Gasteiger partial charge is 0.315 e. The number of nitrogens with zero attached hydrogens (tertiary/aromatic N) is 3. The molecule has 2 rings (SSSR count). The van der Waals surface area contributed by atoms with Gasteiger partial charge in [0.25, 0.3) is 0 Å². The lowest BCUT2D eigenvalue weighted by molar-refractivity contribution is 0.402. The van der Waals surface area contributed by atoms with Crippen molar-refractivity contribution in [1.82, 2.24) is 14.8 Å². The number of aromatic nitrogens is 3. The maximum absolute atomic E-state index is 4.24. The number of fused-ring (bicyclic) bond motifs is 1. The first kappa shape index (κ1) is 8.73. The Morgan fingerprint density at radius 2 is 2.31 bits per heavy atom. The number of rotatable bonds is 2. The van der Waals surface area contributed by atoms with Crippen LogP contribution in [-0.4, -0.2) is 14.8 Å². The minimum Gasteiger partial charge on any atom is -0.315 e. The second-order valence-electron chi connectivity index (χ2n) is 4.03. The predicted molar refractivity (Wildman–Crippen MR) is 51.5 cm³/mol. The summed E-state index contributed by atoms with van der Waals surface area (Å²) < 4.78 is 2.31. The van der Waals surface area contributed by atoms with Gasteiger partial charge < -0.3 is 4.57 Å². The monoisotopic (exact) mass is 179 g/mol. The van der Waals surface area contributed by atoms with Crippen molar-refractivity contribution in [2.24, 2.45) is 5.92 Å². The van der Waals surface area contributed by atoms with Crippen molar-refractivity contribution in [3.8, 4) is 0 Å². The highest BCUT2D eigenvalue weighted by molar-refractivity contribution is 4.99. The minimum absolute atomic E-state index is 0.783. The Hall–Kier alpha value is -0.860. The van der Waals surface area contributed by atoms with E-state index in [1.165, 1.54) is 18.1 Å². The van der Waals surface area contributed by atoms with Gasteiger partial charge in [0.1, 0.15) is 11.6 Å². The molecule has 2 heterocycles. The van der Waals surface area contributed by atoms with Crippen LogP contribution in [0.3, 0.4) is 0 Å². The Bertz CT molecular complexity index is 277. The lowest BCUT2D eigenvalue weighted by atomic mass is 10.0. The molecule has 0 amide bonds. The third kappa shape index (κ3) is 1.60. The summed E-state index contributed by atoms with van der Waals surface area (Å²) in [7, 11) is 0. The normalized spacial score (nSPS) is 21.5. The molecule has 3 heteroatoms. The summed E-state index contributed by atoms with van der Waals surface area (Å²) in [5.74, 6) is 3.16. The fourth-order valence-electron chi connectivity index (χ4n) is 1.95. The van der Waals surface area contributed by atoms with Crippen LogP contribution in [0, 0.1) is 5.92 Å². The molecule has 0 bridgehead atoms. The van der Waals surface area contributed by atoms with E-state index in [0.717, 1.165) is 31.7 Å². The van der Waals surface area contributed by atoms with Crippen molar-refractivity contribution in [2.75, 3.05) is 0 Å². The van der Waals surface area contributed by atoms with Gasteiger partial charge in [-0.25, -0.2) is 0 Å². The van der Waals surface area contributed by atoms with Crippen molar-refractivity contribution in [2.45, 2.75) is 46.1 Å². The summed E-state index contributed by atoms with van der Waals surface area (Å²) >= 11 is 0. The smallest absolute Gasteiger partial charge is 0.133 e. The van der Waals surface area contributed by atoms with Crippen LogP contribution in [0.4, 0.5) is 0 Å². The van der Waals surface area contributed by atoms with Gasteiger partial charge in [0, 0.05) is 19.4 Å². The fraction of sp³-hybridized carbons (Fsp3) is 0.800. The van der Waals surface area contributed by atoms with E-state index in [0.29, 0.717) is 0 Å². The first-order valence-electron chi connectivity index (χ1n) is 5.22. The van der Waals surface area contributed by atoms with Crippen molar-refractivity contribution in [3.05, 3.63) is 11.6 Å². The summed E-state index contributed by atoms with van der Waals surface area (Å²) in [4.78, 5) is 0. The van der Waals surface area contributed by atoms with E-state index >= 15 is 0 Å². The second kappa shape index (κ2) is 3.48. The molecule has 0 fully saturated rings. The standard InChI is InChI=1S/C10H17N3/c1-3-4-9-11-12-10-7-8(2)5-6-13(9)10/h8H,3-7H2,1-2H3. The van der Waals surface area contributed by atoms with E-state index in [1.807, 2.05) is 0 Å². The van der Waals surface area contributed by atoms with Gasteiger partial charge >= 0.3 is 0 Å². The minimum atomic E-state index is 0.783. The molecule has 1 aromatic rings. The van der Waals surface area contributed by atoms with E-state index in [1.54, 1.807) is 0 Å². The van der Waals surface area contributed by atoms with Gasteiger partial charge in [-0.3, -0.25) is 0 Å². The molecule has 0 radical (unpaired) electrons. The highest BCUT2D eigenvalue weighted by atomic mass is 15.3. The van der Waals surface area contributed by atoms with Gasteiger partial charge in [-0.1, -0.05) is 13.8 Å². The van der Waals surface area contributed by atoms with E-state index in [4.69, 9.17) is 0 Å². The van der Waals surface area contributed by atoms with Crippen LogP contribution in [0.1, 0.15) is 38.3 Å². The van der Waals surface area contributed by atoms with Crippen LogP contribution in [-0.2, 0) is 19.4 Å². The molecule has 1 aliphatic heterocycles. The Morgan fingerprint density at radius 1 is 1.46 bits per heavy atom. The molecule has 0 aliphatic carbocycles. The Balaban J connectivity index is 2.23. The summed E-state index contributed by atoms with van der Waals surface area (Å²) in [5, 5.41) is 8.47. The van der Waals surface area contributed by atoms with E-state index < -0.39 is 0 Å². The van der Waals surface area contributed by atoms with E-state index in [9.17, 15) is 0 Å². The van der Waals surface area contributed by atoms with Crippen molar-refractivity contribution >= 4 is 0 Å². The van der Waals surface area contributed by atoms with E-state index in [2.05, 4.69) is 28.6 Å². The molecule has 0 saturated heterocycles. The maximum atomic E-state index is 4.24. The van der Waals surface area contributed by atoms with Crippen LogP contribution in [0.15, 0.2) is 0 Å². The van der Waals surface area contributed by atoms with Gasteiger partial charge in [-0.15, -0.1) is 10.2 Å². The molecule has 0 spiro atoms. The summed E-state index contributed by atoms with van der Waals surface area (Å²) in [6, 6.07) is 0. The lowest BCUT2D eigenvalue weighted by Gasteiger charge is -2.19. The summed E-state index contributed by atoms with van der Waals surface area (Å²) in [6.45, 7) is 5.60. The average Bonchev–Trinajstić information content (AvgIpc) is 2.49. The zero-order valence-electron chi connectivity index (χ0n) is 8.45. The van der Waals surface area contributed by atoms with Crippen LogP contribution in [0.5, 0.6) is 0 Å². The molecule has 1 atom stereocenters. The number of hydrogen-bond acceptors (Lipinski definition) is 2. The second-order valence-corrected chi connectivity index (χ2v) is 4.03. The zero-order valence-corrected chi connectivity index (χ0v) is 8.45. The molecule has 0 saturated carbocycles. The van der Waals surface area contributed by atoms with Gasteiger partial charge in [0.2, 0.25) is 0 Å². The van der Waals surface area contributed by atoms with Gasteiger partial charge in [0.05, 0.1) is 0 Å². The zero-order chi connectivity index (χ0) is 9.26. The first-order chi connectivity index (χ1) is 6.31. The third-order valence-corrected chi connectivity index (χ3v) is 2.75. The molecule has 72 valence electrons.